The van der Waals surface area contributed by atoms with Crippen molar-refractivity contribution in [3.63, 3.8) is 0 Å². The van der Waals surface area contributed by atoms with Gasteiger partial charge >= 0.3 is 0 Å². The molecule has 0 aromatic carbocycles. The molecular formula is C26H34Br2N2O4S2. The standard InChI is InChI=1S/C26H34Br2N2O4S2/c1-15(2)13-33-11-9-29-23(17-5-7-19(27)35-17)21-22(25(29)31)24(18-6-8-20(28)36-18)30(26(21)32)10-12-34-14-16(3)4/h5-8,15-16,25-26,31-32H,9-14H2,1-4H3. The summed E-state index contributed by atoms with van der Waals surface area (Å²) in [5.41, 5.74) is 3.27. The first-order valence-electron chi connectivity index (χ1n) is 12.2. The van der Waals surface area contributed by atoms with Gasteiger partial charge in [-0.05, 0) is 68.0 Å². The third-order valence-corrected chi connectivity index (χ3v) is 9.21. The van der Waals surface area contributed by atoms with Crippen LogP contribution >= 0.6 is 54.5 Å². The highest BCUT2D eigenvalue weighted by Crippen LogP contribution is 2.52. The minimum atomic E-state index is -0.884. The number of hydrogen-bond donors (Lipinski definition) is 2. The summed E-state index contributed by atoms with van der Waals surface area (Å²) in [5, 5.41) is 23.4. The lowest BCUT2D eigenvalue weighted by Crippen LogP contribution is -2.36. The van der Waals surface area contributed by atoms with Crippen LogP contribution in [0.1, 0.15) is 37.4 Å². The van der Waals surface area contributed by atoms with Gasteiger partial charge in [0, 0.05) is 37.4 Å². The third kappa shape index (κ3) is 6.12. The summed E-state index contributed by atoms with van der Waals surface area (Å²) in [6.07, 6.45) is -1.77. The van der Waals surface area contributed by atoms with E-state index in [-0.39, 0.29) is 0 Å². The van der Waals surface area contributed by atoms with Crippen molar-refractivity contribution in [2.24, 2.45) is 11.8 Å². The van der Waals surface area contributed by atoms with E-state index in [1.54, 1.807) is 22.7 Å². The van der Waals surface area contributed by atoms with Crippen LogP contribution in [0.3, 0.4) is 0 Å². The van der Waals surface area contributed by atoms with E-state index in [9.17, 15) is 10.2 Å². The quantitative estimate of drug-likeness (QED) is 0.269. The normalized spacial score (nSPS) is 20.2. The van der Waals surface area contributed by atoms with Crippen molar-refractivity contribution in [1.29, 1.82) is 0 Å². The van der Waals surface area contributed by atoms with Crippen LogP contribution < -0.4 is 0 Å². The smallest absolute Gasteiger partial charge is 0.155 e. The molecular weight excluding hydrogens is 628 g/mol. The van der Waals surface area contributed by atoms with E-state index < -0.39 is 12.5 Å². The maximum atomic E-state index is 11.7. The van der Waals surface area contributed by atoms with Crippen LogP contribution in [0.25, 0.3) is 11.4 Å². The highest BCUT2D eigenvalue weighted by atomic mass is 79.9. The lowest BCUT2D eigenvalue weighted by atomic mass is 10.1. The van der Waals surface area contributed by atoms with Gasteiger partial charge in [-0.1, -0.05) is 27.7 Å². The molecule has 2 aromatic rings. The molecule has 0 aliphatic carbocycles. The number of aliphatic hydroxyl groups is 2. The first-order valence-corrected chi connectivity index (χ1v) is 15.5. The Morgan fingerprint density at radius 3 is 1.44 bits per heavy atom. The molecule has 4 heterocycles. The number of rotatable bonds is 12. The maximum absolute atomic E-state index is 11.7. The van der Waals surface area contributed by atoms with Crippen molar-refractivity contribution in [2.45, 2.75) is 40.2 Å². The molecule has 6 nitrogen and oxygen atoms in total. The van der Waals surface area contributed by atoms with Crippen LogP contribution in [0.15, 0.2) is 43.0 Å². The molecule has 0 fully saturated rings. The monoisotopic (exact) mass is 660 g/mol. The minimum Gasteiger partial charge on any atom is -0.379 e. The Balaban J connectivity index is 1.74. The summed E-state index contributed by atoms with van der Waals surface area (Å²) in [7, 11) is 0. The molecule has 0 saturated carbocycles. The molecule has 2 aliphatic rings. The van der Waals surface area contributed by atoms with Gasteiger partial charge in [0.1, 0.15) is 0 Å². The van der Waals surface area contributed by atoms with Crippen LogP contribution in [-0.2, 0) is 9.47 Å². The Morgan fingerprint density at radius 1 is 0.750 bits per heavy atom. The number of ether oxygens (including phenoxy) is 2. The van der Waals surface area contributed by atoms with Gasteiger partial charge in [-0.25, -0.2) is 0 Å². The zero-order valence-electron chi connectivity index (χ0n) is 21.0. The van der Waals surface area contributed by atoms with E-state index in [0.717, 1.165) is 39.9 Å². The van der Waals surface area contributed by atoms with E-state index >= 15 is 0 Å². The van der Waals surface area contributed by atoms with Gasteiger partial charge in [-0.2, -0.15) is 0 Å². The maximum Gasteiger partial charge on any atom is 0.155 e. The summed E-state index contributed by atoms with van der Waals surface area (Å²) >= 11 is 10.4. The number of halogens is 2. The lowest BCUT2D eigenvalue weighted by Gasteiger charge is -2.31. The largest absolute Gasteiger partial charge is 0.379 e. The van der Waals surface area contributed by atoms with Gasteiger partial charge in [-0.15, -0.1) is 22.7 Å². The molecule has 198 valence electrons. The molecule has 4 rings (SSSR count). The minimum absolute atomic E-state index is 0.443. The van der Waals surface area contributed by atoms with Crippen molar-refractivity contribution < 1.29 is 19.7 Å². The fourth-order valence-electron chi connectivity index (χ4n) is 4.51. The van der Waals surface area contributed by atoms with E-state index in [1.165, 1.54) is 0 Å². The molecule has 10 heteroatoms. The molecule has 0 spiro atoms. The fourth-order valence-corrected chi connectivity index (χ4v) is 7.43. The second-order valence-electron chi connectivity index (χ2n) is 9.80. The van der Waals surface area contributed by atoms with Crippen molar-refractivity contribution in [2.75, 3.05) is 39.5 Å². The zero-order valence-corrected chi connectivity index (χ0v) is 25.8. The molecule has 0 amide bonds. The van der Waals surface area contributed by atoms with E-state index in [2.05, 4.69) is 59.6 Å². The molecule has 0 bridgehead atoms. The SMILES string of the molecule is CC(C)COCCN1C(c2ccc(Br)s2)=C2C(=C(c3ccc(Br)s3)N(CCOCC(C)C)C2O)C1O. The van der Waals surface area contributed by atoms with Crippen LogP contribution in [-0.4, -0.2) is 72.0 Å². The molecule has 0 radical (unpaired) electrons. The number of aliphatic hydroxyl groups excluding tert-OH is 2. The van der Waals surface area contributed by atoms with Crippen molar-refractivity contribution in [3.8, 4) is 0 Å². The Hall–Kier alpha value is -0.720. The second kappa shape index (κ2) is 12.4. The number of thiophene rings is 2. The number of fused-ring (bicyclic) bond motifs is 1. The van der Waals surface area contributed by atoms with Crippen LogP contribution in [0, 0.1) is 11.8 Å². The summed E-state index contributed by atoms with van der Waals surface area (Å²) in [5.74, 6) is 0.887. The zero-order chi connectivity index (χ0) is 26.0. The predicted molar refractivity (Wildman–Crippen MR) is 155 cm³/mol. The Labute approximate surface area is 238 Å². The second-order valence-corrected chi connectivity index (χ2v) is 14.7. The predicted octanol–water partition coefficient (Wildman–Crippen LogP) is 6.07. The third-order valence-electron chi connectivity index (χ3n) is 5.95. The van der Waals surface area contributed by atoms with Gasteiger partial charge in [0.25, 0.3) is 0 Å². The Morgan fingerprint density at radius 2 is 1.14 bits per heavy atom. The molecule has 2 unspecified atom stereocenters. The van der Waals surface area contributed by atoms with Gasteiger partial charge in [0.2, 0.25) is 0 Å². The van der Waals surface area contributed by atoms with Gasteiger partial charge < -0.3 is 29.5 Å². The Kier molecular flexibility index (Phi) is 9.76. The van der Waals surface area contributed by atoms with Gasteiger partial charge in [0.15, 0.2) is 12.5 Å². The average molecular weight is 663 g/mol. The first kappa shape index (κ1) is 28.3. The van der Waals surface area contributed by atoms with Gasteiger partial charge in [0.05, 0.1) is 41.9 Å². The molecule has 0 saturated heterocycles. The highest BCUT2D eigenvalue weighted by Gasteiger charge is 2.48. The molecule has 2 N–H and O–H groups in total. The van der Waals surface area contributed by atoms with Gasteiger partial charge in [-0.3, -0.25) is 0 Å². The highest BCUT2D eigenvalue weighted by molar-refractivity contribution is 9.11. The Bertz CT molecular complexity index is 1020. The topological polar surface area (TPSA) is 65.4 Å². The molecule has 2 atom stereocenters. The summed E-state index contributed by atoms with van der Waals surface area (Å²) in [6, 6.07) is 8.09. The van der Waals surface area contributed by atoms with Crippen molar-refractivity contribution in [1.82, 2.24) is 9.80 Å². The van der Waals surface area contributed by atoms with Crippen LogP contribution in [0.2, 0.25) is 0 Å². The molecule has 2 aliphatic heterocycles. The summed E-state index contributed by atoms with van der Waals surface area (Å²) < 4.78 is 13.8. The van der Waals surface area contributed by atoms with Crippen LogP contribution in [0.5, 0.6) is 0 Å². The number of nitrogens with zero attached hydrogens (tertiary/aromatic N) is 2. The average Bonchev–Trinajstić information content (AvgIpc) is 3.55. The molecule has 36 heavy (non-hydrogen) atoms. The van der Waals surface area contributed by atoms with Crippen LogP contribution in [0.4, 0.5) is 0 Å². The lowest BCUT2D eigenvalue weighted by molar-refractivity contribution is 0.0439. The van der Waals surface area contributed by atoms with Crippen molar-refractivity contribution in [3.05, 3.63) is 52.7 Å². The van der Waals surface area contributed by atoms with E-state index in [1.807, 2.05) is 34.1 Å². The van der Waals surface area contributed by atoms with E-state index in [0.29, 0.717) is 51.4 Å². The number of hydrogen-bond acceptors (Lipinski definition) is 8. The molecule has 2 aromatic heterocycles. The summed E-state index contributed by atoms with van der Waals surface area (Å²) in [4.78, 5) is 5.95. The van der Waals surface area contributed by atoms with Crippen molar-refractivity contribution >= 4 is 65.9 Å². The first-order chi connectivity index (χ1) is 17.2. The summed E-state index contributed by atoms with van der Waals surface area (Å²) in [6.45, 7) is 11.9. The van der Waals surface area contributed by atoms with E-state index in [4.69, 9.17) is 9.47 Å². The fraction of sp³-hybridized carbons (Fsp3) is 0.538.